The molecule has 2 atom stereocenters. The molecule has 2 nitrogen and oxygen atoms in total. The Morgan fingerprint density at radius 2 is 1.47 bits per heavy atom. The molecular weight excluding hydrogens is 186 g/mol. The second-order valence-electron chi connectivity index (χ2n) is 4.57. The molecule has 0 saturated carbocycles. The minimum absolute atomic E-state index is 0.105. The smallest absolute Gasteiger partial charge is 0.0825 e. The zero-order chi connectivity index (χ0) is 11.9. The third-order valence-electron chi connectivity index (χ3n) is 3.90. The minimum Gasteiger partial charge on any atom is -0.388 e. The largest absolute Gasteiger partial charge is 0.388 e. The summed E-state index contributed by atoms with van der Waals surface area (Å²) in [6.45, 7) is 8.59. The Kier molecular flexibility index (Phi) is 6.46. The van der Waals surface area contributed by atoms with E-state index < -0.39 is 5.60 Å². The highest BCUT2D eigenvalue weighted by molar-refractivity contribution is 5.03. The second kappa shape index (κ2) is 6.49. The van der Waals surface area contributed by atoms with E-state index in [4.69, 9.17) is 0 Å². The average Bonchev–Trinajstić information content (AvgIpc) is 2.26. The molecule has 0 bridgehead atoms. The second-order valence-corrected chi connectivity index (χ2v) is 4.57. The Balaban J connectivity index is 4.97. The van der Waals surface area contributed by atoms with Gasteiger partial charge in [-0.3, -0.25) is 0 Å². The van der Waals surface area contributed by atoms with E-state index in [2.05, 4.69) is 33.0 Å². The molecule has 0 amide bonds. The predicted molar refractivity (Wildman–Crippen MR) is 67.1 cm³/mol. The fourth-order valence-electron chi connectivity index (χ4n) is 2.87. The Bertz CT molecular complexity index is 166. The van der Waals surface area contributed by atoms with Gasteiger partial charge >= 0.3 is 0 Å². The van der Waals surface area contributed by atoms with Gasteiger partial charge in [0.25, 0.3) is 0 Å². The number of likely N-dealkylation sites (N-methyl/N-ethyl adjacent to an activating group) is 1. The highest BCUT2D eigenvalue weighted by Crippen LogP contribution is 2.36. The van der Waals surface area contributed by atoms with Crippen molar-refractivity contribution in [2.45, 2.75) is 77.4 Å². The van der Waals surface area contributed by atoms with Crippen LogP contribution in [0.5, 0.6) is 0 Å². The van der Waals surface area contributed by atoms with Gasteiger partial charge in [-0.2, -0.15) is 0 Å². The van der Waals surface area contributed by atoms with Gasteiger partial charge in [-0.15, -0.1) is 0 Å². The monoisotopic (exact) mass is 215 g/mol. The summed E-state index contributed by atoms with van der Waals surface area (Å²) in [6, 6.07) is 0. The number of nitrogens with one attached hydrogen (secondary N) is 1. The van der Waals surface area contributed by atoms with E-state index >= 15 is 0 Å². The first-order valence-corrected chi connectivity index (χ1v) is 6.47. The first-order valence-electron chi connectivity index (χ1n) is 6.47. The van der Waals surface area contributed by atoms with Crippen LogP contribution in [0.3, 0.4) is 0 Å². The predicted octanol–water partition coefficient (Wildman–Crippen LogP) is 3.10. The lowest BCUT2D eigenvalue weighted by atomic mass is 9.71. The maximum absolute atomic E-state index is 10.8. The quantitative estimate of drug-likeness (QED) is 0.652. The summed E-state index contributed by atoms with van der Waals surface area (Å²) < 4.78 is 0. The van der Waals surface area contributed by atoms with Crippen molar-refractivity contribution >= 4 is 0 Å². The minimum atomic E-state index is -0.554. The summed E-state index contributed by atoms with van der Waals surface area (Å²) in [4.78, 5) is 0. The molecule has 0 aromatic rings. The lowest BCUT2D eigenvalue weighted by molar-refractivity contribution is -0.0672. The van der Waals surface area contributed by atoms with Crippen LogP contribution in [0.15, 0.2) is 0 Å². The van der Waals surface area contributed by atoms with Crippen molar-refractivity contribution in [1.29, 1.82) is 0 Å². The molecule has 0 aliphatic rings. The topological polar surface area (TPSA) is 32.3 Å². The molecule has 0 heterocycles. The fourth-order valence-corrected chi connectivity index (χ4v) is 2.87. The van der Waals surface area contributed by atoms with Crippen LogP contribution in [0.25, 0.3) is 0 Å². The van der Waals surface area contributed by atoms with Crippen LogP contribution in [0.1, 0.15) is 66.2 Å². The van der Waals surface area contributed by atoms with E-state index in [9.17, 15) is 5.11 Å². The molecular formula is C13H29NO. The van der Waals surface area contributed by atoms with Crippen LogP contribution in [0, 0.1) is 0 Å². The van der Waals surface area contributed by atoms with Gasteiger partial charge in [-0.1, -0.05) is 40.5 Å². The molecule has 0 rings (SSSR count). The third-order valence-corrected chi connectivity index (χ3v) is 3.90. The van der Waals surface area contributed by atoms with Gasteiger partial charge in [0.2, 0.25) is 0 Å². The average molecular weight is 215 g/mol. The summed E-state index contributed by atoms with van der Waals surface area (Å²) >= 11 is 0. The molecule has 0 aliphatic heterocycles. The van der Waals surface area contributed by atoms with Crippen LogP contribution in [-0.2, 0) is 0 Å². The number of hydrogen-bond acceptors (Lipinski definition) is 2. The SMILES string of the molecule is CCCC(O)(CC)C(CC)(CCC)NC. The maximum atomic E-state index is 10.8. The van der Waals surface area contributed by atoms with Gasteiger partial charge in [0, 0.05) is 5.54 Å². The highest BCUT2D eigenvalue weighted by Gasteiger charge is 2.45. The zero-order valence-electron chi connectivity index (χ0n) is 11.2. The van der Waals surface area contributed by atoms with Crippen LogP contribution in [0.4, 0.5) is 0 Å². The molecule has 2 unspecified atom stereocenters. The summed E-state index contributed by atoms with van der Waals surface area (Å²) in [6.07, 6.45) is 5.90. The summed E-state index contributed by atoms with van der Waals surface area (Å²) in [5, 5.41) is 14.2. The molecule has 0 saturated heterocycles. The molecule has 0 aromatic heterocycles. The van der Waals surface area contributed by atoms with Crippen molar-refractivity contribution in [3.05, 3.63) is 0 Å². The number of aliphatic hydroxyl groups is 1. The molecule has 0 radical (unpaired) electrons. The molecule has 2 N–H and O–H groups in total. The zero-order valence-corrected chi connectivity index (χ0v) is 11.2. The molecule has 2 heteroatoms. The van der Waals surface area contributed by atoms with E-state index in [1.165, 1.54) is 0 Å². The van der Waals surface area contributed by atoms with Gasteiger partial charge in [-0.25, -0.2) is 0 Å². The Labute approximate surface area is 95.5 Å². The van der Waals surface area contributed by atoms with Gasteiger partial charge in [0.15, 0.2) is 0 Å². The van der Waals surface area contributed by atoms with Crippen LogP contribution < -0.4 is 5.32 Å². The van der Waals surface area contributed by atoms with Crippen molar-refractivity contribution in [2.75, 3.05) is 7.05 Å². The first-order chi connectivity index (χ1) is 7.05. The Morgan fingerprint density at radius 3 is 1.73 bits per heavy atom. The van der Waals surface area contributed by atoms with E-state index in [0.717, 1.165) is 38.5 Å². The Hall–Kier alpha value is -0.0800. The van der Waals surface area contributed by atoms with Gasteiger partial charge in [-0.05, 0) is 32.7 Å². The molecule has 0 spiro atoms. The van der Waals surface area contributed by atoms with Gasteiger partial charge in [0.05, 0.1) is 5.60 Å². The van der Waals surface area contributed by atoms with E-state index in [0.29, 0.717) is 0 Å². The van der Waals surface area contributed by atoms with Crippen molar-refractivity contribution in [3.63, 3.8) is 0 Å². The lowest BCUT2D eigenvalue weighted by Gasteiger charge is -2.47. The van der Waals surface area contributed by atoms with Crippen molar-refractivity contribution in [2.24, 2.45) is 0 Å². The maximum Gasteiger partial charge on any atom is 0.0825 e. The molecule has 0 aromatic carbocycles. The summed E-state index contributed by atoms with van der Waals surface area (Å²) in [7, 11) is 1.98. The normalized spacial score (nSPS) is 19.6. The van der Waals surface area contributed by atoms with Crippen LogP contribution >= 0.6 is 0 Å². The van der Waals surface area contributed by atoms with Crippen molar-refractivity contribution < 1.29 is 5.11 Å². The summed E-state index contributed by atoms with van der Waals surface area (Å²) in [5.74, 6) is 0. The van der Waals surface area contributed by atoms with Crippen molar-refractivity contribution in [1.82, 2.24) is 5.32 Å². The first kappa shape index (κ1) is 14.9. The van der Waals surface area contributed by atoms with Gasteiger partial charge < -0.3 is 10.4 Å². The third kappa shape index (κ3) is 2.94. The molecule has 92 valence electrons. The molecule has 15 heavy (non-hydrogen) atoms. The van der Waals surface area contributed by atoms with E-state index in [1.54, 1.807) is 0 Å². The lowest BCUT2D eigenvalue weighted by Crippen LogP contribution is -2.61. The number of hydrogen-bond donors (Lipinski definition) is 2. The van der Waals surface area contributed by atoms with Crippen molar-refractivity contribution in [3.8, 4) is 0 Å². The van der Waals surface area contributed by atoms with Gasteiger partial charge in [0.1, 0.15) is 0 Å². The Morgan fingerprint density at radius 1 is 0.933 bits per heavy atom. The van der Waals surface area contributed by atoms with Crippen LogP contribution in [0.2, 0.25) is 0 Å². The molecule has 0 fully saturated rings. The van der Waals surface area contributed by atoms with E-state index in [1.807, 2.05) is 7.05 Å². The fraction of sp³-hybridized carbons (Fsp3) is 1.00. The molecule has 0 aliphatic carbocycles. The number of rotatable bonds is 8. The highest BCUT2D eigenvalue weighted by atomic mass is 16.3. The van der Waals surface area contributed by atoms with E-state index in [-0.39, 0.29) is 5.54 Å². The standard InChI is InChI=1S/C13H29NO/c1-6-10-12(8-3,14-5)13(15,9-4)11-7-2/h14-15H,6-11H2,1-5H3. The summed E-state index contributed by atoms with van der Waals surface area (Å²) in [5.41, 5.74) is -0.659. The van der Waals surface area contributed by atoms with Crippen LogP contribution in [-0.4, -0.2) is 23.3 Å².